The highest BCUT2D eigenvalue weighted by Gasteiger charge is 2.42. The normalized spacial score (nSPS) is 27.8. The molecule has 0 bridgehead atoms. The Hall–Kier alpha value is -0.860. The minimum atomic E-state index is 0.125. The summed E-state index contributed by atoms with van der Waals surface area (Å²) >= 11 is 0. The van der Waals surface area contributed by atoms with Crippen molar-refractivity contribution >= 4 is 0 Å². The predicted molar refractivity (Wildman–Crippen MR) is 82.5 cm³/mol. The van der Waals surface area contributed by atoms with Gasteiger partial charge in [-0.25, -0.2) is 0 Å². The van der Waals surface area contributed by atoms with E-state index < -0.39 is 0 Å². The largest absolute Gasteiger partial charge is 0.372 e. The molecule has 1 saturated heterocycles. The van der Waals surface area contributed by atoms with Crippen molar-refractivity contribution in [1.82, 2.24) is 0 Å². The SMILES string of the molecule is CC(CC1CCC2(CCCC2)O1)C(N)c1ccccc1. The molecule has 3 atom stereocenters. The Kier molecular flexibility index (Phi) is 4.13. The van der Waals surface area contributed by atoms with Crippen LogP contribution in [-0.2, 0) is 4.74 Å². The van der Waals surface area contributed by atoms with E-state index in [1.54, 1.807) is 0 Å². The molecule has 2 aliphatic rings. The highest BCUT2D eigenvalue weighted by molar-refractivity contribution is 5.19. The minimum Gasteiger partial charge on any atom is -0.372 e. The van der Waals surface area contributed by atoms with Crippen LogP contribution in [0.3, 0.4) is 0 Å². The summed E-state index contributed by atoms with van der Waals surface area (Å²) in [5.74, 6) is 0.471. The van der Waals surface area contributed by atoms with E-state index in [0.29, 0.717) is 12.0 Å². The van der Waals surface area contributed by atoms with E-state index in [4.69, 9.17) is 10.5 Å². The van der Waals surface area contributed by atoms with Crippen molar-refractivity contribution in [2.24, 2.45) is 11.7 Å². The first-order valence-electron chi connectivity index (χ1n) is 8.17. The summed E-state index contributed by atoms with van der Waals surface area (Å²) in [7, 11) is 0. The van der Waals surface area contributed by atoms with Crippen LogP contribution in [0.25, 0.3) is 0 Å². The number of hydrogen-bond donors (Lipinski definition) is 1. The number of nitrogens with two attached hydrogens (primary N) is 1. The van der Waals surface area contributed by atoms with Crippen molar-refractivity contribution in [3.63, 3.8) is 0 Å². The molecule has 1 aromatic carbocycles. The van der Waals surface area contributed by atoms with E-state index in [9.17, 15) is 0 Å². The average Bonchev–Trinajstić information content (AvgIpc) is 3.09. The molecule has 0 aromatic heterocycles. The van der Waals surface area contributed by atoms with Gasteiger partial charge in [-0.3, -0.25) is 0 Å². The maximum Gasteiger partial charge on any atom is 0.0687 e. The number of hydrogen-bond acceptors (Lipinski definition) is 2. The van der Waals surface area contributed by atoms with Gasteiger partial charge in [-0.2, -0.15) is 0 Å². The average molecular weight is 273 g/mol. The molecular weight excluding hydrogens is 246 g/mol. The quantitative estimate of drug-likeness (QED) is 0.892. The molecule has 0 radical (unpaired) electrons. The summed E-state index contributed by atoms with van der Waals surface area (Å²) in [6.45, 7) is 2.26. The van der Waals surface area contributed by atoms with Crippen LogP contribution in [0, 0.1) is 5.92 Å². The van der Waals surface area contributed by atoms with Crippen LogP contribution in [0.5, 0.6) is 0 Å². The van der Waals surface area contributed by atoms with Gasteiger partial charge in [0.2, 0.25) is 0 Å². The van der Waals surface area contributed by atoms with Crippen LogP contribution in [-0.4, -0.2) is 11.7 Å². The van der Waals surface area contributed by atoms with Crippen molar-refractivity contribution in [2.75, 3.05) is 0 Å². The smallest absolute Gasteiger partial charge is 0.0687 e. The molecule has 1 aliphatic heterocycles. The van der Waals surface area contributed by atoms with Crippen molar-refractivity contribution < 1.29 is 4.74 Å². The lowest BCUT2D eigenvalue weighted by Crippen LogP contribution is -2.27. The van der Waals surface area contributed by atoms with Gasteiger partial charge in [0.15, 0.2) is 0 Å². The molecule has 20 heavy (non-hydrogen) atoms. The summed E-state index contributed by atoms with van der Waals surface area (Å²) < 4.78 is 6.41. The van der Waals surface area contributed by atoms with Gasteiger partial charge in [0, 0.05) is 6.04 Å². The van der Waals surface area contributed by atoms with E-state index in [-0.39, 0.29) is 11.6 Å². The molecule has 0 amide bonds. The Morgan fingerprint density at radius 3 is 2.60 bits per heavy atom. The fourth-order valence-corrected chi connectivity index (χ4v) is 4.01. The lowest BCUT2D eigenvalue weighted by atomic mass is 9.89. The second kappa shape index (κ2) is 5.87. The lowest BCUT2D eigenvalue weighted by Gasteiger charge is -2.27. The lowest BCUT2D eigenvalue weighted by molar-refractivity contribution is -0.0444. The molecule has 1 heterocycles. The monoisotopic (exact) mass is 273 g/mol. The third-order valence-corrected chi connectivity index (χ3v) is 5.29. The molecule has 2 fully saturated rings. The van der Waals surface area contributed by atoms with Gasteiger partial charge in [-0.1, -0.05) is 50.1 Å². The molecule has 1 aliphatic carbocycles. The van der Waals surface area contributed by atoms with Crippen LogP contribution in [0.15, 0.2) is 30.3 Å². The van der Waals surface area contributed by atoms with Crippen LogP contribution >= 0.6 is 0 Å². The molecular formula is C18H27NO. The zero-order chi connectivity index (χ0) is 14.0. The van der Waals surface area contributed by atoms with E-state index in [2.05, 4.69) is 31.2 Å². The summed E-state index contributed by atoms with van der Waals surface area (Å²) in [6, 6.07) is 10.6. The van der Waals surface area contributed by atoms with Gasteiger partial charge in [0.05, 0.1) is 11.7 Å². The van der Waals surface area contributed by atoms with Gasteiger partial charge in [0.1, 0.15) is 0 Å². The van der Waals surface area contributed by atoms with Crippen LogP contribution < -0.4 is 5.73 Å². The Labute approximate surface area is 122 Å². The third-order valence-electron chi connectivity index (χ3n) is 5.29. The zero-order valence-electron chi connectivity index (χ0n) is 12.6. The van der Waals surface area contributed by atoms with E-state index >= 15 is 0 Å². The molecule has 1 spiro atoms. The second-order valence-corrected chi connectivity index (χ2v) is 6.82. The van der Waals surface area contributed by atoms with E-state index in [1.807, 2.05) is 6.07 Å². The summed E-state index contributed by atoms with van der Waals surface area (Å²) in [4.78, 5) is 0. The van der Waals surface area contributed by atoms with E-state index in [1.165, 1.54) is 44.1 Å². The first-order valence-corrected chi connectivity index (χ1v) is 8.17. The van der Waals surface area contributed by atoms with Gasteiger partial charge < -0.3 is 10.5 Å². The van der Waals surface area contributed by atoms with Crippen molar-refractivity contribution in [1.29, 1.82) is 0 Å². The van der Waals surface area contributed by atoms with Crippen LogP contribution in [0.1, 0.15) is 63.5 Å². The fourth-order valence-electron chi connectivity index (χ4n) is 4.01. The molecule has 2 nitrogen and oxygen atoms in total. The third kappa shape index (κ3) is 2.91. The fraction of sp³-hybridized carbons (Fsp3) is 0.667. The van der Waals surface area contributed by atoms with Gasteiger partial charge in [0.25, 0.3) is 0 Å². The Morgan fingerprint density at radius 2 is 1.90 bits per heavy atom. The first kappa shape index (κ1) is 14.1. The van der Waals surface area contributed by atoms with E-state index in [0.717, 1.165) is 6.42 Å². The number of benzene rings is 1. The number of ether oxygens (including phenoxy) is 1. The Balaban J connectivity index is 1.55. The first-order chi connectivity index (χ1) is 9.69. The maximum absolute atomic E-state index is 6.41. The van der Waals surface area contributed by atoms with Crippen molar-refractivity contribution in [3.8, 4) is 0 Å². The standard InChI is InChI=1S/C18H27NO/c1-14(17(19)15-7-3-2-4-8-15)13-16-9-12-18(20-16)10-5-6-11-18/h2-4,7-8,14,16-17H,5-6,9-13,19H2,1H3. The predicted octanol–water partition coefficient (Wildman–Crippen LogP) is 4.20. The molecule has 3 rings (SSSR count). The topological polar surface area (TPSA) is 35.2 Å². The molecule has 1 saturated carbocycles. The molecule has 2 heteroatoms. The Bertz CT molecular complexity index is 424. The summed E-state index contributed by atoms with van der Waals surface area (Å²) in [5.41, 5.74) is 7.90. The van der Waals surface area contributed by atoms with Gasteiger partial charge in [-0.15, -0.1) is 0 Å². The highest BCUT2D eigenvalue weighted by atomic mass is 16.5. The molecule has 3 unspecified atom stereocenters. The van der Waals surface area contributed by atoms with Gasteiger partial charge >= 0.3 is 0 Å². The summed E-state index contributed by atoms with van der Waals surface area (Å²) in [6.07, 6.45) is 9.29. The highest BCUT2D eigenvalue weighted by Crippen LogP contribution is 2.45. The zero-order valence-corrected chi connectivity index (χ0v) is 12.6. The van der Waals surface area contributed by atoms with Crippen molar-refractivity contribution in [3.05, 3.63) is 35.9 Å². The Morgan fingerprint density at radius 1 is 1.20 bits per heavy atom. The van der Waals surface area contributed by atoms with Crippen molar-refractivity contribution in [2.45, 2.75) is 69.6 Å². The summed E-state index contributed by atoms with van der Waals surface area (Å²) in [5, 5.41) is 0. The maximum atomic E-state index is 6.41. The molecule has 110 valence electrons. The van der Waals surface area contributed by atoms with Crippen LogP contribution in [0.2, 0.25) is 0 Å². The number of rotatable bonds is 4. The molecule has 1 aromatic rings. The van der Waals surface area contributed by atoms with Gasteiger partial charge in [-0.05, 0) is 43.6 Å². The second-order valence-electron chi connectivity index (χ2n) is 6.82. The van der Waals surface area contributed by atoms with Crippen LogP contribution in [0.4, 0.5) is 0 Å². The molecule has 2 N–H and O–H groups in total. The minimum absolute atomic E-state index is 0.125.